The Balaban J connectivity index is 2.05. The second-order valence-electron chi connectivity index (χ2n) is 6.24. The van der Waals surface area contributed by atoms with E-state index in [4.69, 9.17) is 0 Å². The Morgan fingerprint density at radius 3 is 2.25 bits per heavy atom. The molecule has 2 rings (SSSR count). The average molecular weight is 275 g/mol. The molecule has 0 unspecified atom stereocenters. The first kappa shape index (κ1) is 15.0. The van der Waals surface area contributed by atoms with Gasteiger partial charge in [0, 0.05) is 12.1 Å². The zero-order valence-electron chi connectivity index (χ0n) is 12.8. The summed E-state index contributed by atoms with van der Waals surface area (Å²) >= 11 is 0. The van der Waals surface area contributed by atoms with Gasteiger partial charge in [-0.05, 0) is 44.7 Å². The number of benzene rings is 1. The molecule has 1 fully saturated rings. The minimum Gasteiger partial charge on any atom is -0.388 e. The van der Waals surface area contributed by atoms with Crippen molar-refractivity contribution in [2.24, 2.45) is 0 Å². The van der Waals surface area contributed by atoms with Gasteiger partial charge in [-0.25, -0.2) is 0 Å². The molecule has 1 aromatic carbocycles. The van der Waals surface area contributed by atoms with Crippen molar-refractivity contribution in [3.8, 4) is 0 Å². The highest BCUT2D eigenvalue weighted by molar-refractivity contribution is 5.97. The first-order chi connectivity index (χ1) is 9.41. The van der Waals surface area contributed by atoms with Gasteiger partial charge in [-0.3, -0.25) is 4.79 Å². The van der Waals surface area contributed by atoms with Crippen LogP contribution in [0.1, 0.15) is 59.2 Å². The molecule has 0 radical (unpaired) electrons. The summed E-state index contributed by atoms with van der Waals surface area (Å²) in [5, 5.41) is 13.4. The van der Waals surface area contributed by atoms with Gasteiger partial charge in [-0.1, -0.05) is 37.0 Å². The number of aliphatic hydroxyl groups is 1. The van der Waals surface area contributed by atoms with Gasteiger partial charge in [0.2, 0.25) is 0 Å². The number of aryl methyl sites for hydroxylation is 3. The van der Waals surface area contributed by atoms with Crippen LogP contribution in [0.4, 0.5) is 0 Å². The summed E-state index contributed by atoms with van der Waals surface area (Å²) in [7, 11) is 0. The Kier molecular flexibility index (Phi) is 4.48. The van der Waals surface area contributed by atoms with Crippen LogP contribution >= 0.6 is 0 Å². The van der Waals surface area contributed by atoms with Gasteiger partial charge in [0.15, 0.2) is 0 Å². The van der Waals surface area contributed by atoms with E-state index in [1.165, 1.54) is 12.0 Å². The number of rotatable bonds is 3. The van der Waals surface area contributed by atoms with Crippen molar-refractivity contribution in [1.82, 2.24) is 5.32 Å². The lowest BCUT2D eigenvalue weighted by Gasteiger charge is -2.32. The first-order valence-electron chi connectivity index (χ1n) is 7.50. The van der Waals surface area contributed by atoms with Crippen LogP contribution in [0.5, 0.6) is 0 Å². The van der Waals surface area contributed by atoms with Gasteiger partial charge in [0.1, 0.15) is 0 Å². The van der Waals surface area contributed by atoms with E-state index in [0.717, 1.165) is 42.4 Å². The van der Waals surface area contributed by atoms with Crippen molar-refractivity contribution in [2.75, 3.05) is 6.54 Å². The van der Waals surface area contributed by atoms with E-state index in [9.17, 15) is 9.90 Å². The number of hydrogen-bond acceptors (Lipinski definition) is 2. The van der Waals surface area contributed by atoms with Gasteiger partial charge >= 0.3 is 0 Å². The van der Waals surface area contributed by atoms with Gasteiger partial charge in [-0.15, -0.1) is 0 Å². The summed E-state index contributed by atoms with van der Waals surface area (Å²) in [6.45, 7) is 6.32. The molecular weight excluding hydrogens is 250 g/mol. The maximum absolute atomic E-state index is 12.4. The molecule has 0 aliphatic heterocycles. The number of nitrogens with one attached hydrogen (secondary N) is 1. The van der Waals surface area contributed by atoms with E-state index in [0.29, 0.717) is 6.54 Å². The summed E-state index contributed by atoms with van der Waals surface area (Å²) in [6, 6.07) is 4.05. The van der Waals surface area contributed by atoms with E-state index in [1.54, 1.807) is 0 Å². The average Bonchev–Trinajstić information content (AvgIpc) is 2.36. The molecular formula is C17H25NO2. The zero-order chi connectivity index (χ0) is 14.8. The van der Waals surface area contributed by atoms with Crippen LogP contribution in [0, 0.1) is 20.8 Å². The molecule has 2 N–H and O–H groups in total. The first-order valence-corrected chi connectivity index (χ1v) is 7.50. The van der Waals surface area contributed by atoms with Gasteiger partial charge in [0.05, 0.1) is 5.60 Å². The number of hydrogen-bond donors (Lipinski definition) is 2. The summed E-state index contributed by atoms with van der Waals surface area (Å²) < 4.78 is 0. The highest BCUT2D eigenvalue weighted by atomic mass is 16.3. The standard InChI is InChI=1S/C17H25NO2/c1-12-9-13(2)15(14(3)10-12)16(19)18-11-17(20)7-5-4-6-8-17/h9-10,20H,4-8,11H2,1-3H3,(H,18,19). The Hall–Kier alpha value is -1.35. The molecule has 0 aromatic heterocycles. The molecule has 0 bridgehead atoms. The predicted molar refractivity (Wildman–Crippen MR) is 81.0 cm³/mol. The van der Waals surface area contributed by atoms with Crippen molar-refractivity contribution >= 4 is 5.91 Å². The van der Waals surface area contributed by atoms with Crippen LogP contribution in [0.25, 0.3) is 0 Å². The fourth-order valence-corrected chi connectivity index (χ4v) is 3.26. The normalized spacial score (nSPS) is 17.8. The molecule has 1 aromatic rings. The topological polar surface area (TPSA) is 49.3 Å². The fourth-order valence-electron chi connectivity index (χ4n) is 3.26. The Morgan fingerprint density at radius 1 is 1.15 bits per heavy atom. The molecule has 3 nitrogen and oxygen atoms in total. The molecule has 0 saturated heterocycles. The summed E-state index contributed by atoms with van der Waals surface area (Å²) in [4.78, 5) is 12.4. The maximum Gasteiger partial charge on any atom is 0.251 e. The molecule has 0 atom stereocenters. The van der Waals surface area contributed by atoms with Gasteiger partial charge < -0.3 is 10.4 Å². The van der Waals surface area contributed by atoms with Crippen LogP contribution < -0.4 is 5.32 Å². The van der Waals surface area contributed by atoms with E-state index in [2.05, 4.69) is 5.32 Å². The van der Waals surface area contributed by atoms with Crippen molar-refractivity contribution in [3.63, 3.8) is 0 Å². The van der Waals surface area contributed by atoms with Crippen molar-refractivity contribution in [1.29, 1.82) is 0 Å². The van der Waals surface area contributed by atoms with E-state index < -0.39 is 5.60 Å². The quantitative estimate of drug-likeness (QED) is 0.891. The number of amides is 1. The molecule has 0 heterocycles. The van der Waals surface area contributed by atoms with E-state index in [-0.39, 0.29) is 5.91 Å². The van der Waals surface area contributed by atoms with E-state index in [1.807, 2.05) is 32.9 Å². The number of carbonyl (C=O) groups excluding carboxylic acids is 1. The molecule has 3 heteroatoms. The molecule has 110 valence electrons. The van der Waals surface area contributed by atoms with Crippen LogP contribution in [-0.2, 0) is 0 Å². The van der Waals surface area contributed by atoms with Crippen LogP contribution in [0.15, 0.2) is 12.1 Å². The molecule has 1 aliphatic rings. The lowest BCUT2D eigenvalue weighted by Crippen LogP contribution is -2.44. The van der Waals surface area contributed by atoms with Crippen molar-refractivity contribution < 1.29 is 9.90 Å². The highest BCUT2D eigenvalue weighted by Crippen LogP contribution is 2.27. The van der Waals surface area contributed by atoms with Crippen LogP contribution in [0.2, 0.25) is 0 Å². The smallest absolute Gasteiger partial charge is 0.251 e. The highest BCUT2D eigenvalue weighted by Gasteiger charge is 2.29. The summed E-state index contributed by atoms with van der Waals surface area (Å²) in [6.07, 6.45) is 4.87. The Bertz CT molecular complexity index is 479. The summed E-state index contributed by atoms with van der Waals surface area (Å²) in [5.41, 5.74) is 3.20. The van der Waals surface area contributed by atoms with Crippen molar-refractivity contribution in [2.45, 2.75) is 58.5 Å². The van der Waals surface area contributed by atoms with Crippen LogP contribution in [0.3, 0.4) is 0 Å². The zero-order valence-corrected chi connectivity index (χ0v) is 12.8. The molecule has 1 aliphatic carbocycles. The Morgan fingerprint density at radius 2 is 1.70 bits per heavy atom. The number of carbonyl (C=O) groups is 1. The third kappa shape index (κ3) is 3.40. The monoisotopic (exact) mass is 275 g/mol. The third-order valence-corrected chi connectivity index (χ3v) is 4.27. The fraction of sp³-hybridized carbons (Fsp3) is 0.588. The lowest BCUT2D eigenvalue weighted by atomic mass is 9.85. The van der Waals surface area contributed by atoms with Gasteiger partial charge in [-0.2, -0.15) is 0 Å². The molecule has 1 saturated carbocycles. The predicted octanol–water partition coefficient (Wildman–Crippen LogP) is 3.04. The Labute approximate surface area is 121 Å². The molecule has 0 spiro atoms. The SMILES string of the molecule is Cc1cc(C)c(C(=O)NCC2(O)CCCCC2)c(C)c1. The van der Waals surface area contributed by atoms with Gasteiger partial charge in [0.25, 0.3) is 5.91 Å². The minimum absolute atomic E-state index is 0.0704. The second-order valence-corrected chi connectivity index (χ2v) is 6.24. The third-order valence-electron chi connectivity index (χ3n) is 4.27. The van der Waals surface area contributed by atoms with E-state index >= 15 is 0 Å². The van der Waals surface area contributed by atoms with Crippen molar-refractivity contribution in [3.05, 3.63) is 34.4 Å². The summed E-state index contributed by atoms with van der Waals surface area (Å²) in [5.74, 6) is -0.0704. The van der Waals surface area contributed by atoms with Crippen LogP contribution in [-0.4, -0.2) is 23.2 Å². The molecule has 1 amide bonds. The minimum atomic E-state index is -0.708. The maximum atomic E-state index is 12.4. The lowest BCUT2D eigenvalue weighted by molar-refractivity contribution is 0.00524. The molecule has 20 heavy (non-hydrogen) atoms. The second kappa shape index (κ2) is 5.96. The largest absolute Gasteiger partial charge is 0.388 e.